The van der Waals surface area contributed by atoms with E-state index in [2.05, 4.69) is 10.8 Å². The minimum absolute atomic E-state index is 0.00713. The van der Waals surface area contributed by atoms with E-state index in [1.54, 1.807) is 11.9 Å². The van der Waals surface area contributed by atoms with Crippen molar-refractivity contribution in [1.82, 2.24) is 4.90 Å². The lowest BCUT2D eigenvalue weighted by Gasteiger charge is -2.18. The molecule has 30 heavy (non-hydrogen) atoms. The van der Waals surface area contributed by atoms with Crippen LogP contribution in [0.2, 0.25) is 0 Å². The fourth-order valence-electron chi connectivity index (χ4n) is 3.32. The number of hydrogen-bond acceptors (Lipinski definition) is 4. The smallest absolute Gasteiger partial charge is 0.322 e. The minimum Gasteiger partial charge on any atom is -0.468 e. The number of esters is 1. The molecule has 0 saturated carbocycles. The largest absolute Gasteiger partial charge is 0.468 e. The third-order valence-electron chi connectivity index (χ3n) is 4.96. The number of amides is 1. The maximum atomic E-state index is 12.6. The molecule has 0 saturated heterocycles. The average molecular weight is 402 g/mol. The Hall–Kier alpha value is -3.44. The standard InChI is InChI=1S/C25H26N2O3/c1-27(24(28)21-8-4-3-5-9-21)17-19-7-6-10-22(15-19)20-13-11-18(12-14-20)16-23(26)25(29)30-2/h3-15,23H,16-17,26H2,1-2H3. The first-order valence-corrected chi connectivity index (χ1v) is 9.80. The van der Waals surface area contributed by atoms with Crippen LogP contribution in [0.5, 0.6) is 0 Å². The van der Waals surface area contributed by atoms with Crippen LogP contribution >= 0.6 is 0 Å². The average Bonchev–Trinajstić information content (AvgIpc) is 2.79. The summed E-state index contributed by atoms with van der Waals surface area (Å²) in [6.45, 7) is 0.521. The molecule has 5 heteroatoms. The Morgan fingerprint density at radius 2 is 1.60 bits per heavy atom. The summed E-state index contributed by atoms with van der Waals surface area (Å²) in [7, 11) is 3.14. The lowest BCUT2D eigenvalue weighted by Crippen LogP contribution is -2.33. The number of carbonyl (C=O) groups excluding carboxylic acids is 2. The van der Waals surface area contributed by atoms with Crippen molar-refractivity contribution < 1.29 is 14.3 Å². The molecule has 0 bridgehead atoms. The molecule has 154 valence electrons. The van der Waals surface area contributed by atoms with E-state index in [0.29, 0.717) is 18.5 Å². The van der Waals surface area contributed by atoms with Gasteiger partial charge in [0.1, 0.15) is 6.04 Å². The molecular formula is C25H26N2O3. The zero-order valence-corrected chi connectivity index (χ0v) is 17.2. The number of benzene rings is 3. The van der Waals surface area contributed by atoms with Gasteiger partial charge >= 0.3 is 5.97 Å². The Labute approximate surface area is 177 Å². The Kier molecular flexibility index (Phi) is 6.99. The van der Waals surface area contributed by atoms with Crippen LogP contribution < -0.4 is 5.73 Å². The highest BCUT2D eigenvalue weighted by molar-refractivity contribution is 5.94. The van der Waals surface area contributed by atoms with Crippen LogP contribution in [0.1, 0.15) is 21.5 Å². The maximum absolute atomic E-state index is 12.6. The van der Waals surface area contributed by atoms with Gasteiger partial charge in [-0.05, 0) is 46.9 Å². The molecule has 0 aliphatic carbocycles. The Balaban J connectivity index is 1.69. The van der Waals surface area contributed by atoms with Gasteiger partial charge in [-0.2, -0.15) is 0 Å². The van der Waals surface area contributed by atoms with Gasteiger partial charge in [0.25, 0.3) is 5.91 Å². The van der Waals surface area contributed by atoms with Crippen molar-refractivity contribution in [2.45, 2.75) is 19.0 Å². The number of methoxy groups -OCH3 is 1. The van der Waals surface area contributed by atoms with Crippen LogP contribution in [0.15, 0.2) is 78.9 Å². The normalized spacial score (nSPS) is 11.6. The Morgan fingerprint density at radius 3 is 2.27 bits per heavy atom. The quantitative estimate of drug-likeness (QED) is 0.612. The first-order chi connectivity index (χ1) is 14.5. The summed E-state index contributed by atoms with van der Waals surface area (Å²) in [5.74, 6) is -0.423. The molecule has 0 radical (unpaired) electrons. The summed E-state index contributed by atoms with van der Waals surface area (Å²) < 4.78 is 4.68. The van der Waals surface area contributed by atoms with Crippen molar-refractivity contribution in [3.63, 3.8) is 0 Å². The molecule has 1 amide bonds. The van der Waals surface area contributed by atoms with E-state index in [9.17, 15) is 9.59 Å². The van der Waals surface area contributed by atoms with E-state index in [1.165, 1.54) is 7.11 Å². The van der Waals surface area contributed by atoms with E-state index < -0.39 is 12.0 Å². The highest BCUT2D eigenvalue weighted by atomic mass is 16.5. The lowest BCUT2D eigenvalue weighted by molar-refractivity contribution is -0.142. The van der Waals surface area contributed by atoms with Gasteiger partial charge in [-0.15, -0.1) is 0 Å². The zero-order chi connectivity index (χ0) is 21.5. The number of nitrogens with two attached hydrogens (primary N) is 1. The van der Waals surface area contributed by atoms with Gasteiger partial charge < -0.3 is 15.4 Å². The zero-order valence-electron chi connectivity index (χ0n) is 17.2. The molecule has 0 aliphatic rings. The number of hydrogen-bond donors (Lipinski definition) is 1. The van der Waals surface area contributed by atoms with Crippen molar-refractivity contribution >= 4 is 11.9 Å². The summed E-state index contributed by atoms with van der Waals surface area (Å²) >= 11 is 0. The summed E-state index contributed by atoms with van der Waals surface area (Å²) in [6.07, 6.45) is 0.430. The van der Waals surface area contributed by atoms with Crippen molar-refractivity contribution in [1.29, 1.82) is 0 Å². The van der Waals surface area contributed by atoms with Crippen LogP contribution in [0.4, 0.5) is 0 Å². The Morgan fingerprint density at radius 1 is 0.900 bits per heavy atom. The summed E-state index contributed by atoms with van der Waals surface area (Å²) in [6, 6.07) is 24.7. The molecule has 1 unspecified atom stereocenters. The molecule has 0 heterocycles. The van der Waals surface area contributed by atoms with Crippen molar-refractivity contribution in [2.75, 3.05) is 14.2 Å². The van der Waals surface area contributed by atoms with E-state index in [-0.39, 0.29) is 5.91 Å². The molecule has 3 rings (SSSR count). The molecule has 0 aliphatic heterocycles. The van der Waals surface area contributed by atoms with Crippen LogP contribution in [0.25, 0.3) is 11.1 Å². The second-order valence-electron chi connectivity index (χ2n) is 7.26. The van der Waals surface area contributed by atoms with Gasteiger partial charge in [-0.3, -0.25) is 9.59 Å². The van der Waals surface area contributed by atoms with Crippen LogP contribution in [0.3, 0.4) is 0 Å². The molecule has 3 aromatic carbocycles. The molecule has 1 atom stereocenters. The maximum Gasteiger partial charge on any atom is 0.322 e. The monoisotopic (exact) mass is 402 g/mol. The van der Waals surface area contributed by atoms with E-state index in [4.69, 9.17) is 5.73 Å². The molecule has 3 aromatic rings. The first kappa shape index (κ1) is 21.3. The van der Waals surface area contributed by atoms with E-state index >= 15 is 0 Å². The van der Waals surface area contributed by atoms with Crippen LogP contribution in [0, 0.1) is 0 Å². The van der Waals surface area contributed by atoms with Gasteiger partial charge in [0, 0.05) is 19.2 Å². The van der Waals surface area contributed by atoms with Crippen LogP contribution in [-0.4, -0.2) is 37.0 Å². The second kappa shape index (κ2) is 9.85. The molecule has 2 N–H and O–H groups in total. The van der Waals surface area contributed by atoms with Crippen molar-refractivity contribution in [3.05, 3.63) is 95.6 Å². The molecule has 0 fully saturated rings. The van der Waals surface area contributed by atoms with E-state index in [0.717, 1.165) is 22.3 Å². The fraction of sp³-hybridized carbons (Fsp3) is 0.200. The van der Waals surface area contributed by atoms with E-state index in [1.807, 2.05) is 72.8 Å². The van der Waals surface area contributed by atoms with Gasteiger partial charge in [-0.1, -0.05) is 60.7 Å². The molecule has 5 nitrogen and oxygen atoms in total. The molecule has 0 aromatic heterocycles. The summed E-state index contributed by atoms with van der Waals surface area (Å²) in [4.78, 5) is 25.8. The first-order valence-electron chi connectivity index (χ1n) is 9.80. The van der Waals surface area contributed by atoms with Gasteiger partial charge in [0.05, 0.1) is 7.11 Å². The third kappa shape index (κ3) is 5.33. The highest BCUT2D eigenvalue weighted by Crippen LogP contribution is 2.22. The predicted molar refractivity (Wildman–Crippen MR) is 118 cm³/mol. The second-order valence-corrected chi connectivity index (χ2v) is 7.26. The molecular weight excluding hydrogens is 376 g/mol. The number of rotatable bonds is 7. The SMILES string of the molecule is COC(=O)C(N)Cc1ccc(-c2cccc(CN(C)C(=O)c3ccccc3)c2)cc1. The topological polar surface area (TPSA) is 72.6 Å². The van der Waals surface area contributed by atoms with Crippen molar-refractivity contribution in [2.24, 2.45) is 5.73 Å². The van der Waals surface area contributed by atoms with Crippen LogP contribution in [-0.2, 0) is 22.5 Å². The molecule has 0 spiro atoms. The number of carbonyl (C=O) groups is 2. The fourth-order valence-corrected chi connectivity index (χ4v) is 3.32. The van der Waals surface area contributed by atoms with Gasteiger partial charge in [0.15, 0.2) is 0 Å². The highest BCUT2D eigenvalue weighted by Gasteiger charge is 2.14. The minimum atomic E-state index is -0.665. The predicted octanol–water partition coefficient (Wildman–Crippen LogP) is 3.67. The number of nitrogens with zero attached hydrogens (tertiary/aromatic N) is 1. The van der Waals surface area contributed by atoms with Gasteiger partial charge in [-0.25, -0.2) is 0 Å². The third-order valence-corrected chi connectivity index (χ3v) is 4.96. The summed E-state index contributed by atoms with van der Waals surface area (Å²) in [5.41, 5.74) is 10.7. The lowest BCUT2D eigenvalue weighted by atomic mass is 9.99. The number of ether oxygens (including phenoxy) is 1. The Bertz CT molecular complexity index is 1000. The van der Waals surface area contributed by atoms with Crippen molar-refractivity contribution in [3.8, 4) is 11.1 Å². The van der Waals surface area contributed by atoms with Gasteiger partial charge in [0.2, 0.25) is 0 Å². The summed E-state index contributed by atoms with van der Waals surface area (Å²) in [5, 5.41) is 0.